The fraction of sp³-hybridized carbons (Fsp3) is 0.750. The minimum atomic E-state index is 0.408. The summed E-state index contributed by atoms with van der Waals surface area (Å²) in [7, 11) is 5.79. The smallest absolute Gasteiger partial charge is 0.227 e. The van der Waals surface area contributed by atoms with Crippen molar-refractivity contribution >= 4 is 22.7 Å². The van der Waals surface area contributed by atoms with E-state index in [9.17, 15) is 0 Å². The van der Waals surface area contributed by atoms with E-state index in [4.69, 9.17) is 24.2 Å². The third-order valence-corrected chi connectivity index (χ3v) is 8.95. The predicted octanol–water partition coefficient (Wildman–Crippen LogP) is 5.04. The molecule has 1 aliphatic carbocycles. The monoisotopic (exact) mass is 568 g/mol. The molecule has 1 N–H and O–H groups in total. The molecule has 1 saturated carbocycles. The summed E-state index contributed by atoms with van der Waals surface area (Å²) in [5.41, 5.74) is 0.891. The first-order chi connectivity index (χ1) is 20.1. The zero-order valence-corrected chi connectivity index (χ0v) is 25.7. The lowest BCUT2D eigenvalue weighted by Gasteiger charge is -2.36. The molecule has 0 amide bonds. The Morgan fingerprint density at radius 2 is 1.61 bits per heavy atom. The molecule has 0 atom stereocenters. The zero-order valence-electron chi connectivity index (χ0n) is 25.7. The molecule has 0 bridgehead atoms. The van der Waals surface area contributed by atoms with Crippen molar-refractivity contribution < 1.29 is 14.2 Å². The van der Waals surface area contributed by atoms with Gasteiger partial charge in [0.05, 0.1) is 25.8 Å². The summed E-state index contributed by atoms with van der Waals surface area (Å²) in [5.74, 6) is 4.03. The Kier molecular flexibility index (Phi) is 11.2. The lowest BCUT2D eigenvalue weighted by molar-refractivity contribution is 0.0881. The van der Waals surface area contributed by atoms with Gasteiger partial charge in [0.15, 0.2) is 11.5 Å². The van der Waals surface area contributed by atoms with Gasteiger partial charge in [0.1, 0.15) is 12.4 Å². The molecule has 0 radical (unpaired) electrons. The standard InChI is InChI=1S/C32H52N6O3/c1-36(2)18-19-40-20-21-41-30-23-28-27(22-29(30)39-3)31(35-32(34-28)38-14-8-5-9-15-38)33-26-12-16-37(17-13-26)24-25-10-6-4-7-11-25/h22-23,25-26H,4-21,24H2,1-3H3,(H,33,34,35). The maximum atomic E-state index is 6.13. The molecular weight excluding hydrogens is 516 g/mol. The van der Waals surface area contributed by atoms with Gasteiger partial charge in [0, 0.05) is 56.8 Å². The lowest BCUT2D eigenvalue weighted by atomic mass is 9.88. The first-order valence-corrected chi connectivity index (χ1v) is 16.1. The van der Waals surface area contributed by atoms with Crippen LogP contribution in [0.2, 0.25) is 0 Å². The third kappa shape index (κ3) is 8.58. The SMILES string of the molecule is COc1cc2c(NC3CCN(CC4CCCCC4)CC3)nc(N3CCCCC3)nc2cc1OCCOCCN(C)C. The molecule has 9 heteroatoms. The van der Waals surface area contributed by atoms with Crippen LogP contribution in [0, 0.1) is 5.92 Å². The summed E-state index contributed by atoms with van der Waals surface area (Å²) < 4.78 is 17.6. The molecule has 2 saturated heterocycles. The number of ether oxygens (including phenoxy) is 3. The van der Waals surface area contributed by atoms with Crippen molar-refractivity contribution in [2.75, 3.05) is 90.5 Å². The average Bonchev–Trinajstić information content (AvgIpc) is 3.00. The summed E-state index contributed by atoms with van der Waals surface area (Å²) >= 11 is 0. The summed E-state index contributed by atoms with van der Waals surface area (Å²) in [6.07, 6.45) is 13.0. The quantitative estimate of drug-likeness (QED) is 0.335. The zero-order chi connectivity index (χ0) is 28.4. The molecular formula is C32H52N6O3. The molecule has 3 fully saturated rings. The second-order valence-corrected chi connectivity index (χ2v) is 12.4. The van der Waals surface area contributed by atoms with E-state index in [2.05, 4.69) is 20.0 Å². The molecule has 2 aromatic rings. The molecule has 3 aliphatic rings. The second kappa shape index (κ2) is 15.2. The number of hydrogen-bond acceptors (Lipinski definition) is 9. The molecule has 1 aromatic heterocycles. The second-order valence-electron chi connectivity index (χ2n) is 12.4. The van der Waals surface area contributed by atoms with Crippen LogP contribution in [-0.2, 0) is 4.74 Å². The lowest BCUT2D eigenvalue weighted by Crippen LogP contribution is -2.41. The topological polar surface area (TPSA) is 75.2 Å². The minimum Gasteiger partial charge on any atom is -0.493 e. The van der Waals surface area contributed by atoms with Crippen LogP contribution in [-0.4, -0.2) is 106 Å². The molecule has 41 heavy (non-hydrogen) atoms. The van der Waals surface area contributed by atoms with Crippen molar-refractivity contribution in [2.45, 2.75) is 70.3 Å². The largest absolute Gasteiger partial charge is 0.493 e. The van der Waals surface area contributed by atoms with Gasteiger partial charge in [0.25, 0.3) is 0 Å². The minimum absolute atomic E-state index is 0.408. The number of nitrogens with one attached hydrogen (secondary N) is 1. The van der Waals surface area contributed by atoms with E-state index in [1.165, 1.54) is 57.9 Å². The summed E-state index contributed by atoms with van der Waals surface area (Å²) in [4.78, 5) is 17.3. The number of likely N-dealkylation sites (tertiary alicyclic amines) is 1. The highest BCUT2D eigenvalue weighted by atomic mass is 16.5. The number of likely N-dealkylation sites (N-methyl/N-ethyl adjacent to an activating group) is 1. The molecule has 2 aliphatic heterocycles. The predicted molar refractivity (Wildman–Crippen MR) is 167 cm³/mol. The van der Waals surface area contributed by atoms with Crippen LogP contribution in [0.4, 0.5) is 11.8 Å². The number of rotatable bonds is 13. The Hall–Kier alpha value is -2.36. The number of piperidine rings is 2. The van der Waals surface area contributed by atoms with Crippen LogP contribution >= 0.6 is 0 Å². The Labute approximate surface area is 246 Å². The number of methoxy groups -OCH3 is 1. The highest BCUT2D eigenvalue weighted by Crippen LogP contribution is 2.36. The number of benzene rings is 1. The van der Waals surface area contributed by atoms with Crippen LogP contribution < -0.4 is 19.7 Å². The van der Waals surface area contributed by atoms with E-state index < -0.39 is 0 Å². The third-order valence-electron chi connectivity index (χ3n) is 8.95. The summed E-state index contributed by atoms with van der Waals surface area (Å²) in [6, 6.07) is 4.46. The Morgan fingerprint density at radius 1 is 0.854 bits per heavy atom. The molecule has 5 rings (SSSR count). The van der Waals surface area contributed by atoms with Gasteiger partial charge in [-0.05, 0) is 71.0 Å². The van der Waals surface area contributed by atoms with Crippen LogP contribution in [0.3, 0.4) is 0 Å². The molecule has 3 heterocycles. The van der Waals surface area contributed by atoms with E-state index in [1.807, 2.05) is 26.2 Å². The number of hydrogen-bond donors (Lipinski definition) is 1. The molecule has 9 nitrogen and oxygen atoms in total. The molecule has 0 spiro atoms. The van der Waals surface area contributed by atoms with E-state index >= 15 is 0 Å². The molecule has 1 aromatic carbocycles. The van der Waals surface area contributed by atoms with Crippen molar-refractivity contribution in [3.8, 4) is 11.5 Å². The van der Waals surface area contributed by atoms with E-state index in [0.717, 1.165) is 74.2 Å². The number of anilines is 2. The summed E-state index contributed by atoms with van der Waals surface area (Å²) in [6.45, 7) is 8.19. The normalized spacial score (nSPS) is 19.7. The number of fused-ring (bicyclic) bond motifs is 1. The fourth-order valence-electron chi connectivity index (χ4n) is 6.49. The van der Waals surface area contributed by atoms with Crippen LogP contribution in [0.15, 0.2) is 12.1 Å². The Balaban J connectivity index is 1.29. The Morgan fingerprint density at radius 3 is 2.34 bits per heavy atom. The van der Waals surface area contributed by atoms with Gasteiger partial charge in [-0.3, -0.25) is 0 Å². The average molecular weight is 569 g/mol. The van der Waals surface area contributed by atoms with Gasteiger partial charge in [-0.2, -0.15) is 4.98 Å². The van der Waals surface area contributed by atoms with Gasteiger partial charge in [-0.1, -0.05) is 19.3 Å². The van der Waals surface area contributed by atoms with Gasteiger partial charge < -0.3 is 34.2 Å². The highest BCUT2D eigenvalue weighted by molar-refractivity contribution is 5.93. The van der Waals surface area contributed by atoms with Gasteiger partial charge in [-0.25, -0.2) is 4.98 Å². The molecule has 0 unspecified atom stereocenters. The summed E-state index contributed by atoms with van der Waals surface area (Å²) in [5, 5.41) is 4.84. The number of aromatic nitrogens is 2. The van der Waals surface area contributed by atoms with Crippen molar-refractivity contribution in [2.24, 2.45) is 5.92 Å². The Bertz CT molecular complexity index is 1080. The van der Waals surface area contributed by atoms with Crippen LogP contribution in [0.5, 0.6) is 11.5 Å². The first-order valence-electron chi connectivity index (χ1n) is 16.1. The van der Waals surface area contributed by atoms with Crippen molar-refractivity contribution in [3.05, 3.63) is 12.1 Å². The maximum absolute atomic E-state index is 6.13. The fourth-order valence-corrected chi connectivity index (χ4v) is 6.49. The van der Waals surface area contributed by atoms with Crippen molar-refractivity contribution in [3.63, 3.8) is 0 Å². The van der Waals surface area contributed by atoms with Crippen molar-refractivity contribution in [1.82, 2.24) is 19.8 Å². The number of nitrogens with zero attached hydrogens (tertiary/aromatic N) is 5. The maximum Gasteiger partial charge on any atom is 0.227 e. The van der Waals surface area contributed by atoms with Crippen molar-refractivity contribution in [1.29, 1.82) is 0 Å². The van der Waals surface area contributed by atoms with Crippen LogP contribution in [0.25, 0.3) is 10.9 Å². The van der Waals surface area contributed by atoms with Crippen LogP contribution in [0.1, 0.15) is 64.2 Å². The van der Waals surface area contributed by atoms with E-state index in [0.29, 0.717) is 37.4 Å². The van der Waals surface area contributed by atoms with E-state index in [-0.39, 0.29) is 0 Å². The molecule has 228 valence electrons. The van der Waals surface area contributed by atoms with Gasteiger partial charge in [-0.15, -0.1) is 0 Å². The van der Waals surface area contributed by atoms with E-state index in [1.54, 1.807) is 7.11 Å². The highest BCUT2D eigenvalue weighted by Gasteiger charge is 2.25. The van der Waals surface area contributed by atoms with Gasteiger partial charge in [0.2, 0.25) is 5.95 Å². The van der Waals surface area contributed by atoms with Gasteiger partial charge >= 0.3 is 0 Å². The first kappa shape index (κ1) is 30.1.